The van der Waals surface area contributed by atoms with Gasteiger partial charge in [0.05, 0.1) is 5.25 Å². The summed E-state index contributed by atoms with van der Waals surface area (Å²) < 4.78 is 23.2. The number of rotatable bonds is 4. The van der Waals surface area contributed by atoms with Gasteiger partial charge in [0.15, 0.2) is 0 Å². The van der Waals surface area contributed by atoms with Crippen molar-refractivity contribution in [2.45, 2.75) is 69.2 Å². The lowest BCUT2D eigenvalue weighted by molar-refractivity contribution is 0.256. The molecule has 0 radical (unpaired) electrons. The predicted octanol–water partition coefficient (Wildman–Crippen LogP) is 2.12. The summed E-state index contributed by atoms with van der Waals surface area (Å²) in [4.78, 5) is 0. The molecule has 0 aromatic heterocycles. The molecule has 2 unspecified atom stereocenters. The van der Waals surface area contributed by atoms with E-state index in [9.17, 15) is 8.42 Å². The van der Waals surface area contributed by atoms with Crippen molar-refractivity contribution in [3.05, 3.63) is 0 Å². The molecular formula is C13H25NO2S. The quantitative estimate of drug-likeness (QED) is 0.841. The molecule has 2 aliphatic carbocycles. The van der Waals surface area contributed by atoms with E-state index in [-0.39, 0.29) is 10.8 Å². The maximum atomic E-state index is 11.6. The molecule has 0 aliphatic heterocycles. The maximum Gasteiger partial charge on any atom is 0.150 e. The summed E-state index contributed by atoms with van der Waals surface area (Å²) in [7, 11) is -2.86. The molecule has 2 aliphatic rings. The lowest BCUT2D eigenvalue weighted by atomic mass is 9.90. The van der Waals surface area contributed by atoms with Crippen LogP contribution in [0.2, 0.25) is 0 Å². The van der Waals surface area contributed by atoms with Crippen LogP contribution < -0.4 is 5.32 Å². The van der Waals surface area contributed by atoms with Gasteiger partial charge in [0.2, 0.25) is 0 Å². The molecule has 2 atom stereocenters. The van der Waals surface area contributed by atoms with E-state index >= 15 is 0 Å². The molecule has 0 spiro atoms. The van der Waals surface area contributed by atoms with Gasteiger partial charge < -0.3 is 5.32 Å². The van der Waals surface area contributed by atoms with Crippen molar-refractivity contribution < 1.29 is 8.42 Å². The van der Waals surface area contributed by atoms with Crippen LogP contribution in [-0.2, 0) is 9.84 Å². The Hall–Kier alpha value is -0.0900. The van der Waals surface area contributed by atoms with Crippen molar-refractivity contribution in [1.29, 1.82) is 0 Å². The average Bonchev–Trinajstić information content (AvgIpc) is 2.99. The van der Waals surface area contributed by atoms with Crippen LogP contribution in [0, 0.1) is 5.92 Å². The maximum absolute atomic E-state index is 11.6. The lowest BCUT2D eigenvalue weighted by Gasteiger charge is -2.36. The molecule has 2 rings (SSSR count). The summed E-state index contributed by atoms with van der Waals surface area (Å²) in [5, 5.41) is 3.57. The number of nitrogens with one attached hydrogen (secondary N) is 1. The monoisotopic (exact) mass is 259 g/mol. The van der Waals surface area contributed by atoms with Crippen LogP contribution in [0.1, 0.15) is 52.4 Å². The van der Waals surface area contributed by atoms with Crippen molar-refractivity contribution in [2.75, 3.05) is 6.26 Å². The summed E-state index contributed by atoms with van der Waals surface area (Å²) >= 11 is 0. The standard InChI is InChI=1S/C13H25NO2S/c1-13(2,10-7-8-10)14-11-5-4-6-12(9-11)17(3,15)16/h10-12,14H,4-9H2,1-3H3. The van der Waals surface area contributed by atoms with Crippen molar-refractivity contribution in [1.82, 2.24) is 5.32 Å². The molecule has 0 bridgehead atoms. The van der Waals surface area contributed by atoms with Crippen LogP contribution in [0.4, 0.5) is 0 Å². The Bertz CT molecular complexity index is 371. The van der Waals surface area contributed by atoms with E-state index in [1.807, 2.05) is 0 Å². The van der Waals surface area contributed by atoms with Crippen LogP contribution in [0.3, 0.4) is 0 Å². The molecule has 0 amide bonds. The third kappa shape index (κ3) is 3.44. The highest BCUT2D eigenvalue weighted by atomic mass is 32.2. The second-order valence-corrected chi connectivity index (χ2v) is 8.78. The summed E-state index contributed by atoms with van der Waals surface area (Å²) in [5.74, 6) is 0.793. The Morgan fingerprint density at radius 1 is 1.12 bits per heavy atom. The molecule has 1 N–H and O–H groups in total. The van der Waals surface area contributed by atoms with Crippen LogP contribution in [0.15, 0.2) is 0 Å². The molecule has 4 heteroatoms. The third-order valence-corrected chi connectivity index (χ3v) is 6.04. The minimum atomic E-state index is -2.86. The normalized spacial score (nSPS) is 31.5. The Labute approximate surface area is 105 Å². The zero-order valence-corrected chi connectivity index (χ0v) is 12.0. The van der Waals surface area contributed by atoms with Gasteiger partial charge in [-0.1, -0.05) is 6.42 Å². The molecular weight excluding hydrogens is 234 g/mol. The van der Waals surface area contributed by atoms with Gasteiger partial charge in [-0.25, -0.2) is 8.42 Å². The van der Waals surface area contributed by atoms with Gasteiger partial charge in [0, 0.05) is 17.8 Å². The van der Waals surface area contributed by atoms with Gasteiger partial charge in [0.25, 0.3) is 0 Å². The van der Waals surface area contributed by atoms with E-state index in [4.69, 9.17) is 0 Å². The molecule has 2 saturated carbocycles. The highest BCUT2D eigenvalue weighted by Gasteiger charge is 2.40. The van der Waals surface area contributed by atoms with E-state index in [0.29, 0.717) is 6.04 Å². The van der Waals surface area contributed by atoms with Gasteiger partial charge in [-0.15, -0.1) is 0 Å². The van der Waals surface area contributed by atoms with Crippen LogP contribution in [-0.4, -0.2) is 31.5 Å². The average molecular weight is 259 g/mol. The lowest BCUT2D eigenvalue weighted by Crippen LogP contribution is -2.50. The molecule has 2 fully saturated rings. The zero-order chi connectivity index (χ0) is 12.7. The Balaban J connectivity index is 1.93. The Kier molecular flexibility index (Phi) is 3.56. The SMILES string of the molecule is CC(C)(NC1CCCC(S(C)(=O)=O)C1)C1CC1. The predicted molar refractivity (Wildman–Crippen MR) is 70.8 cm³/mol. The highest BCUT2D eigenvalue weighted by molar-refractivity contribution is 7.91. The van der Waals surface area contributed by atoms with Gasteiger partial charge in [0.1, 0.15) is 9.84 Å². The summed E-state index contributed by atoms with van der Waals surface area (Å²) in [5.41, 5.74) is 0.185. The van der Waals surface area contributed by atoms with Crippen molar-refractivity contribution in [3.63, 3.8) is 0 Å². The second-order valence-electron chi connectivity index (χ2n) is 6.46. The third-order valence-electron chi connectivity index (χ3n) is 4.41. The van der Waals surface area contributed by atoms with Gasteiger partial charge in [-0.2, -0.15) is 0 Å². The topological polar surface area (TPSA) is 46.2 Å². The van der Waals surface area contributed by atoms with Crippen molar-refractivity contribution in [3.8, 4) is 0 Å². The zero-order valence-electron chi connectivity index (χ0n) is 11.2. The summed E-state index contributed by atoms with van der Waals surface area (Å²) in [6, 6.07) is 0.388. The van der Waals surface area contributed by atoms with Gasteiger partial charge in [-0.05, 0) is 51.9 Å². The van der Waals surface area contributed by atoms with E-state index in [2.05, 4.69) is 19.2 Å². The molecule has 100 valence electrons. The fourth-order valence-electron chi connectivity index (χ4n) is 3.11. The molecule has 3 nitrogen and oxygen atoms in total. The first-order valence-corrected chi connectivity index (χ1v) is 8.71. The fourth-order valence-corrected chi connectivity index (χ4v) is 4.29. The van der Waals surface area contributed by atoms with Crippen LogP contribution >= 0.6 is 0 Å². The van der Waals surface area contributed by atoms with Gasteiger partial charge in [-0.3, -0.25) is 0 Å². The Morgan fingerprint density at radius 2 is 1.76 bits per heavy atom. The second kappa shape index (κ2) is 4.54. The number of hydrogen-bond acceptors (Lipinski definition) is 3. The first-order chi connectivity index (χ1) is 7.79. The molecule has 0 heterocycles. The van der Waals surface area contributed by atoms with E-state index in [0.717, 1.165) is 31.6 Å². The minimum Gasteiger partial charge on any atom is -0.309 e. The molecule has 0 aromatic rings. The van der Waals surface area contributed by atoms with Gasteiger partial charge >= 0.3 is 0 Å². The molecule has 0 aromatic carbocycles. The first kappa shape index (κ1) is 13.3. The molecule has 17 heavy (non-hydrogen) atoms. The largest absolute Gasteiger partial charge is 0.309 e. The minimum absolute atomic E-state index is 0.122. The molecule has 0 saturated heterocycles. The van der Waals surface area contributed by atoms with Crippen LogP contribution in [0.25, 0.3) is 0 Å². The smallest absolute Gasteiger partial charge is 0.150 e. The summed E-state index contributed by atoms with van der Waals surface area (Å²) in [6.45, 7) is 4.52. The number of hydrogen-bond donors (Lipinski definition) is 1. The first-order valence-electron chi connectivity index (χ1n) is 6.75. The number of sulfone groups is 1. The van der Waals surface area contributed by atoms with Crippen molar-refractivity contribution >= 4 is 9.84 Å². The highest BCUT2D eigenvalue weighted by Crippen LogP contribution is 2.40. The van der Waals surface area contributed by atoms with Crippen LogP contribution in [0.5, 0.6) is 0 Å². The van der Waals surface area contributed by atoms with Crippen molar-refractivity contribution in [2.24, 2.45) is 5.92 Å². The van der Waals surface area contributed by atoms with E-state index < -0.39 is 9.84 Å². The fraction of sp³-hybridized carbons (Fsp3) is 1.00. The summed E-state index contributed by atoms with van der Waals surface area (Å²) in [6.07, 6.45) is 7.84. The van der Waals surface area contributed by atoms with E-state index in [1.165, 1.54) is 19.1 Å². The Morgan fingerprint density at radius 3 is 2.29 bits per heavy atom. The van der Waals surface area contributed by atoms with E-state index in [1.54, 1.807) is 0 Å².